The zero-order chi connectivity index (χ0) is 52.9. The summed E-state index contributed by atoms with van der Waals surface area (Å²) in [6.07, 6.45) is 77.9. The van der Waals surface area contributed by atoms with Crippen molar-refractivity contribution < 1.29 is 28.6 Å². The Labute approximate surface area is 453 Å². The van der Waals surface area contributed by atoms with Crippen molar-refractivity contribution in [2.75, 3.05) is 13.2 Å². The summed E-state index contributed by atoms with van der Waals surface area (Å²) in [5.41, 5.74) is 0. The van der Waals surface area contributed by atoms with Crippen LogP contribution in [0, 0.1) is 0 Å². The monoisotopic (exact) mass is 1020 g/mol. The first-order valence-corrected chi connectivity index (χ1v) is 31.8. The minimum Gasteiger partial charge on any atom is -0.462 e. The van der Waals surface area contributed by atoms with E-state index in [1.54, 1.807) is 0 Å². The van der Waals surface area contributed by atoms with Gasteiger partial charge in [0.25, 0.3) is 0 Å². The van der Waals surface area contributed by atoms with E-state index in [9.17, 15) is 14.4 Å². The molecule has 0 aliphatic carbocycles. The van der Waals surface area contributed by atoms with Crippen molar-refractivity contribution in [2.24, 2.45) is 0 Å². The lowest BCUT2D eigenvalue weighted by molar-refractivity contribution is -0.167. The topological polar surface area (TPSA) is 78.9 Å². The first kappa shape index (κ1) is 70.1. The highest BCUT2D eigenvalue weighted by atomic mass is 16.6. The molecule has 0 aliphatic heterocycles. The van der Waals surface area contributed by atoms with Crippen LogP contribution < -0.4 is 0 Å². The van der Waals surface area contributed by atoms with Crippen molar-refractivity contribution in [2.45, 2.75) is 335 Å². The van der Waals surface area contributed by atoms with Crippen LogP contribution in [0.1, 0.15) is 329 Å². The fourth-order valence-electron chi connectivity index (χ4n) is 9.19. The molecule has 0 radical (unpaired) electrons. The molecule has 0 fully saturated rings. The summed E-state index contributed by atoms with van der Waals surface area (Å²) in [5, 5.41) is 0. The van der Waals surface area contributed by atoms with E-state index in [1.165, 1.54) is 205 Å². The van der Waals surface area contributed by atoms with Gasteiger partial charge in [0.15, 0.2) is 6.10 Å². The van der Waals surface area contributed by atoms with E-state index in [2.05, 4.69) is 81.5 Å². The molecule has 0 heterocycles. The molecule has 0 aliphatic rings. The summed E-state index contributed by atoms with van der Waals surface area (Å²) in [7, 11) is 0. The van der Waals surface area contributed by atoms with Crippen molar-refractivity contribution >= 4 is 17.9 Å². The molecule has 0 saturated heterocycles. The number of allylic oxidation sites excluding steroid dienone is 10. The number of esters is 3. The lowest BCUT2D eigenvalue weighted by Gasteiger charge is -2.18. The highest BCUT2D eigenvalue weighted by Crippen LogP contribution is 2.17. The van der Waals surface area contributed by atoms with E-state index in [4.69, 9.17) is 14.2 Å². The van der Waals surface area contributed by atoms with Crippen molar-refractivity contribution in [3.63, 3.8) is 0 Å². The SMILES string of the molecule is CCCCC/C=C\C/C=C\C/C=C\C/C=C\CCCCCC(=O)OC[C@@H](COC(=O)CCCCCCCCCCCCCCCCCCC)OC(=O)CCCCCCCCC/C=C\CCCCCCCCCC. The van der Waals surface area contributed by atoms with E-state index >= 15 is 0 Å². The second-order valence-corrected chi connectivity index (χ2v) is 21.3. The second-order valence-electron chi connectivity index (χ2n) is 21.3. The van der Waals surface area contributed by atoms with E-state index < -0.39 is 6.10 Å². The zero-order valence-electron chi connectivity index (χ0n) is 48.7. The molecule has 0 saturated carbocycles. The van der Waals surface area contributed by atoms with Gasteiger partial charge in [-0.1, -0.05) is 281 Å². The molecule has 73 heavy (non-hydrogen) atoms. The molecule has 0 spiro atoms. The Morgan fingerprint density at radius 2 is 0.493 bits per heavy atom. The normalized spacial score (nSPS) is 12.4. The fourth-order valence-corrected chi connectivity index (χ4v) is 9.19. The maximum absolute atomic E-state index is 12.9. The van der Waals surface area contributed by atoms with Crippen molar-refractivity contribution in [1.29, 1.82) is 0 Å². The summed E-state index contributed by atoms with van der Waals surface area (Å²) in [4.78, 5) is 38.3. The molecule has 0 aromatic heterocycles. The Morgan fingerprint density at radius 3 is 0.822 bits per heavy atom. The molecule has 6 heteroatoms. The number of hydrogen-bond acceptors (Lipinski definition) is 6. The predicted molar refractivity (Wildman–Crippen MR) is 316 cm³/mol. The lowest BCUT2D eigenvalue weighted by Crippen LogP contribution is -2.30. The van der Waals surface area contributed by atoms with Gasteiger partial charge in [-0.3, -0.25) is 14.4 Å². The van der Waals surface area contributed by atoms with Crippen LogP contribution in [0.15, 0.2) is 60.8 Å². The van der Waals surface area contributed by atoms with Gasteiger partial charge in [-0.25, -0.2) is 0 Å². The number of carbonyl (C=O) groups is 3. The Hall–Kier alpha value is -2.89. The Bertz CT molecular complexity index is 1310. The van der Waals surface area contributed by atoms with Gasteiger partial charge >= 0.3 is 17.9 Å². The lowest BCUT2D eigenvalue weighted by atomic mass is 10.0. The van der Waals surface area contributed by atoms with Gasteiger partial charge < -0.3 is 14.2 Å². The average Bonchev–Trinajstić information content (AvgIpc) is 3.39. The summed E-state index contributed by atoms with van der Waals surface area (Å²) in [6, 6.07) is 0. The van der Waals surface area contributed by atoms with Crippen LogP contribution in [0.3, 0.4) is 0 Å². The van der Waals surface area contributed by atoms with Gasteiger partial charge in [-0.15, -0.1) is 0 Å². The minimum absolute atomic E-state index is 0.0831. The Kier molecular flexibility index (Phi) is 59.2. The third-order valence-electron chi connectivity index (χ3n) is 14.0. The Morgan fingerprint density at radius 1 is 0.274 bits per heavy atom. The van der Waals surface area contributed by atoms with Gasteiger partial charge in [-0.05, 0) is 89.9 Å². The molecule has 0 aromatic carbocycles. The number of rotatable bonds is 58. The maximum Gasteiger partial charge on any atom is 0.306 e. The van der Waals surface area contributed by atoms with Crippen molar-refractivity contribution in [3.05, 3.63) is 60.8 Å². The standard InChI is InChI=1S/C67H120O6/c1-4-7-10-13-16-19-22-25-28-31-33-36-39-42-45-48-51-54-57-60-66(69)72-63-64(62-71-65(68)59-56-53-50-47-44-41-38-35-30-27-24-21-18-15-12-9-6-3)73-67(70)61-58-55-52-49-46-43-40-37-34-32-29-26-23-20-17-14-11-8-5-2/h16,19,25,28,32-34,36,42,45,64H,4-15,17-18,20-24,26-27,29-31,35,37-41,43-44,46-63H2,1-3H3/b19-16-,28-25-,34-32-,36-33-,45-42-/t64-/m1/s1. The van der Waals surface area contributed by atoms with E-state index in [-0.39, 0.29) is 31.1 Å². The van der Waals surface area contributed by atoms with Crippen LogP contribution in [0.4, 0.5) is 0 Å². The van der Waals surface area contributed by atoms with Gasteiger partial charge in [-0.2, -0.15) is 0 Å². The van der Waals surface area contributed by atoms with Crippen LogP contribution >= 0.6 is 0 Å². The second kappa shape index (κ2) is 61.7. The molecule has 0 unspecified atom stereocenters. The highest BCUT2D eigenvalue weighted by Gasteiger charge is 2.19. The van der Waals surface area contributed by atoms with Gasteiger partial charge in [0, 0.05) is 19.3 Å². The third kappa shape index (κ3) is 59.9. The quantitative estimate of drug-likeness (QED) is 0.0261. The molecule has 6 nitrogen and oxygen atoms in total. The van der Waals surface area contributed by atoms with Crippen molar-refractivity contribution in [1.82, 2.24) is 0 Å². The smallest absolute Gasteiger partial charge is 0.306 e. The van der Waals surface area contributed by atoms with Crippen LogP contribution in [0.5, 0.6) is 0 Å². The molecule has 1 atom stereocenters. The first-order valence-electron chi connectivity index (χ1n) is 31.8. The van der Waals surface area contributed by atoms with E-state index in [0.717, 1.165) is 83.5 Å². The van der Waals surface area contributed by atoms with Crippen LogP contribution in [0.2, 0.25) is 0 Å². The molecule has 0 bridgehead atoms. The molecule has 0 aromatic rings. The zero-order valence-corrected chi connectivity index (χ0v) is 48.7. The molecular formula is C67H120O6. The molecule has 0 amide bonds. The third-order valence-corrected chi connectivity index (χ3v) is 14.0. The largest absolute Gasteiger partial charge is 0.462 e. The molecular weight excluding hydrogens is 901 g/mol. The summed E-state index contributed by atoms with van der Waals surface area (Å²) in [5.74, 6) is -0.901. The summed E-state index contributed by atoms with van der Waals surface area (Å²) < 4.78 is 16.9. The van der Waals surface area contributed by atoms with Gasteiger partial charge in [0.05, 0.1) is 0 Å². The van der Waals surface area contributed by atoms with Crippen molar-refractivity contribution in [3.8, 4) is 0 Å². The van der Waals surface area contributed by atoms with Crippen LogP contribution in [0.25, 0.3) is 0 Å². The van der Waals surface area contributed by atoms with Gasteiger partial charge in [0.2, 0.25) is 0 Å². The maximum atomic E-state index is 12.9. The van der Waals surface area contributed by atoms with Crippen LogP contribution in [-0.2, 0) is 28.6 Å². The number of hydrogen-bond donors (Lipinski definition) is 0. The predicted octanol–water partition coefficient (Wildman–Crippen LogP) is 21.6. The number of unbranched alkanes of at least 4 members (excludes halogenated alkanes) is 37. The molecule has 0 rings (SSSR count). The molecule has 0 N–H and O–H groups in total. The average molecular weight is 1020 g/mol. The fraction of sp³-hybridized carbons (Fsp3) is 0.806. The van der Waals surface area contributed by atoms with E-state index in [1.807, 2.05) is 0 Å². The summed E-state index contributed by atoms with van der Waals surface area (Å²) in [6.45, 7) is 6.63. The summed E-state index contributed by atoms with van der Waals surface area (Å²) >= 11 is 0. The first-order chi connectivity index (χ1) is 36.0. The minimum atomic E-state index is -0.789. The van der Waals surface area contributed by atoms with Gasteiger partial charge in [0.1, 0.15) is 13.2 Å². The number of carbonyl (C=O) groups excluding carboxylic acids is 3. The number of ether oxygens (including phenoxy) is 3. The highest BCUT2D eigenvalue weighted by molar-refractivity contribution is 5.71. The molecule has 424 valence electrons. The van der Waals surface area contributed by atoms with Crippen LogP contribution in [-0.4, -0.2) is 37.2 Å². The Balaban J connectivity index is 4.41. The van der Waals surface area contributed by atoms with E-state index in [0.29, 0.717) is 19.3 Å².